The highest BCUT2D eigenvalue weighted by Crippen LogP contribution is 2.28. The van der Waals surface area contributed by atoms with Crippen molar-refractivity contribution in [3.05, 3.63) is 71.8 Å². The van der Waals surface area contributed by atoms with Crippen molar-refractivity contribution >= 4 is 16.7 Å². The van der Waals surface area contributed by atoms with Crippen LogP contribution in [0.3, 0.4) is 0 Å². The number of ether oxygens (including phenoxy) is 2. The molecule has 29 heavy (non-hydrogen) atoms. The van der Waals surface area contributed by atoms with E-state index in [0.29, 0.717) is 12.2 Å². The van der Waals surface area contributed by atoms with Gasteiger partial charge in [0, 0.05) is 22.6 Å². The standard InChI is InChI=1S/C25H27NO3/c1-28-23-15-14-19(25(27)26-21-10-3-2-4-11-21)16-20(23)17-29-24-13-7-9-18-8-5-6-12-22(18)24/h5-9,12-16,21H,2-4,10-11,17H2,1H3,(H,26,27). The average Bonchev–Trinajstić information content (AvgIpc) is 2.78. The lowest BCUT2D eigenvalue weighted by Crippen LogP contribution is -2.36. The van der Waals surface area contributed by atoms with Gasteiger partial charge in [-0.05, 0) is 42.5 Å². The summed E-state index contributed by atoms with van der Waals surface area (Å²) >= 11 is 0. The Hall–Kier alpha value is -3.01. The lowest BCUT2D eigenvalue weighted by molar-refractivity contribution is 0.0927. The molecule has 4 rings (SSSR count). The van der Waals surface area contributed by atoms with E-state index in [4.69, 9.17) is 9.47 Å². The Bertz CT molecular complexity index is 987. The van der Waals surface area contributed by atoms with Crippen LogP contribution in [-0.4, -0.2) is 19.1 Å². The van der Waals surface area contributed by atoms with Crippen LogP contribution in [0.1, 0.15) is 48.0 Å². The fraction of sp³-hybridized carbons (Fsp3) is 0.320. The van der Waals surface area contributed by atoms with Crippen molar-refractivity contribution in [1.29, 1.82) is 0 Å². The van der Waals surface area contributed by atoms with Crippen molar-refractivity contribution in [1.82, 2.24) is 5.32 Å². The van der Waals surface area contributed by atoms with Gasteiger partial charge in [-0.25, -0.2) is 0 Å². The number of amides is 1. The molecule has 4 nitrogen and oxygen atoms in total. The lowest BCUT2D eigenvalue weighted by atomic mass is 9.95. The monoisotopic (exact) mass is 389 g/mol. The molecule has 1 N–H and O–H groups in total. The van der Waals surface area contributed by atoms with Crippen LogP contribution in [0.5, 0.6) is 11.5 Å². The van der Waals surface area contributed by atoms with E-state index in [9.17, 15) is 4.79 Å². The zero-order chi connectivity index (χ0) is 20.1. The van der Waals surface area contributed by atoms with Gasteiger partial charge < -0.3 is 14.8 Å². The van der Waals surface area contributed by atoms with Crippen LogP contribution in [-0.2, 0) is 6.61 Å². The second-order valence-electron chi connectivity index (χ2n) is 7.60. The third-order valence-electron chi connectivity index (χ3n) is 5.62. The summed E-state index contributed by atoms with van der Waals surface area (Å²) in [5.74, 6) is 1.52. The SMILES string of the molecule is COc1ccc(C(=O)NC2CCCCC2)cc1COc1cccc2ccccc12. The van der Waals surface area contributed by atoms with E-state index in [1.165, 1.54) is 19.3 Å². The first-order chi connectivity index (χ1) is 14.2. The maximum absolute atomic E-state index is 12.7. The molecule has 1 fully saturated rings. The van der Waals surface area contributed by atoms with E-state index in [1.807, 2.05) is 42.5 Å². The second-order valence-corrected chi connectivity index (χ2v) is 7.60. The van der Waals surface area contributed by atoms with Crippen LogP contribution >= 0.6 is 0 Å². The van der Waals surface area contributed by atoms with Gasteiger partial charge in [-0.2, -0.15) is 0 Å². The molecule has 4 heteroatoms. The molecule has 3 aromatic rings. The molecule has 1 aliphatic carbocycles. The molecule has 0 bridgehead atoms. The Morgan fingerprint density at radius 3 is 2.59 bits per heavy atom. The van der Waals surface area contributed by atoms with Gasteiger partial charge in [0.2, 0.25) is 0 Å². The fourth-order valence-corrected chi connectivity index (χ4v) is 4.03. The number of benzene rings is 3. The number of rotatable bonds is 6. The van der Waals surface area contributed by atoms with Gasteiger partial charge in [0.05, 0.1) is 7.11 Å². The molecule has 0 unspecified atom stereocenters. The zero-order valence-corrected chi connectivity index (χ0v) is 16.8. The number of methoxy groups -OCH3 is 1. The van der Waals surface area contributed by atoms with Crippen LogP contribution in [0.4, 0.5) is 0 Å². The molecule has 150 valence electrons. The van der Waals surface area contributed by atoms with E-state index in [1.54, 1.807) is 7.11 Å². The van der Waals surface area contributed by atoms with Crippen molar-refractivity contribution in [2.45, 2.75) is 44.8 Å². The highest BCUT2D eigenvalue weighted by molar-refractivity contribution is 5.94. The van der Waals surface area contributed by atoms with Crippen LogP contribution < -0.4 is 14.8 Å². The number of hydrogen-bond acceptors (Lipinski definition) is 3. The molecule has 0 aromatic heterocycles. The molecule has 1 saturated carbocycles. The zero-order valence-electron chi connectivity index (χ0n) is 16.8. The summed E-state index contributed by atoms with van der Waals surface area (Å²) in [4.78, 5) is 12.7. The summed E-state index contributed by atoms with van der Waals surface area (Å²) in [6, 6.07) is 20.0. The Labute approximate surface area is 171 Å². The van der Waals surface area contributed by atoms with E-state index in [-0.39, 0.29) is 11.9 Å². The molecule has 0 aliphatic heterocycles. The first-order valence-corrected chi connectivity index (χ1v) is 10.3. The fourth-order valence-electron chi connectivity index (χ4n) is 4.03. The van der Waals surface area contributed by atoms with Crippen LogP contribution in [0.2, 0.25) is 0 Å². The number of nitrogens with one attached hydrogen (secondary N) is 1. The van der Waals surface area contributed by atoms with Gasteiger partial charge in [-0.15, -0.1) is 0 Å². The summed E-state index contributed by atoms with van der Waals surface area (Å²) in [5.41, 5.74) is 1.50. The molecular weight excluding hydrogens is 362 g/mol. The minimum absolute atomic E-state index is 0.0223. The van der Waals surface area contributed by atoms with Gasteiger partial charge in [0.25, 0.3) is 5.91 Å². The molecule has 0 saturated heterocycles. The average molecular weight is 389 g/mol. The van der Waals surface area contributed by atoms with Gasteiger partial charge in [-0.3, -0.25) is 4.79 Å². The van der Waals surface area contributed by atoms with Crippen LogP contribution in [0, 0.1) is 0 Å². The van der Waals surface area contributed by atoms with Crippen LogP contribution in [0.25, 0.3) is 10.8 Å². The molecule has 3 aromatic carbocycles. The Morgan fingerprint density at radius 1 is 0.966 bits per heavy atom. The normalized spacial score (nSPS) is 14.5. The first-order valence-electron chi connectivity index (χ1n) is 10.3. The van der Waals surface area contributed by atoms with Crippen molar-refractivity contribution in [3.8, 4) is 11.5 Å². The first kappa shape index (κ1) is 19.3. The number of hydrogen-bond donors (Lipinski definition) is 1. The van der Waals surface area contributed by atoms with Crippen molar-refractivity contribution in [2.24, 2.45) is 0 Å². The topological polar surface area (TPSA) is 47.6 Å². The maximum atomic E-state index is 12.7. The van der Waals surface area contributed by atoms with Crippen molar-refractivity contribution < 1.29 is 14.3 Å². The van der Waals surface area contributed by atoms with E-state index < -0.39 is 0 Å². The third-order valence-corrected chi connectivity index (χ3v) is 5.62. The second kappa shape index (κ2) is 8.99. The lowest BCUT2D eigenvalue weighted by Gasteiger charge is -2.23. The van der Waals surface area contributed by atoms with Crippen molar-refractivity contribution in [2.75, 3.05) is 7.11 Å². The molecule has 0 spiro atoms. The van der Waals surface area contributed by atoms with Gasteiger partial charge in [0.15, 0.2) is 0 Å². The minimum Gasteiger partial charge on any atom is -0.496 e. The largest absolute Gasteiger partial charge is 0.496 e. The van der Waals surface area contributed by atoms with E-state index >= 15 is 0 Å². The van der Waals surface area contributed by atoms with Gasteiger partial charge in [0.1, 0.15) is 18.1 Å². The summed E-state index contributed by atoms with van der Waals surface area (Å²) in [6.07, 6.45) is 5.79. The summed E-state index contributed by atoms with van der Waals surface area (Å²) in [5, 5.41) is 5.38. The van der Waals surface area contributed by atoms with E-state index in [2.05, 4.69) is 23.5 Å². The number of carbonyl (C=O) groups excluding carboxylic acids is 1. The van der Waals surface area contributed by atoms with E-state index in [0.717, 1.165) is 40.7 Å². The Morgan fingerprint density at radius 2 is 1.76 bits per heavy atom. The molecule has 1 amide bonds. The predicted molar refractivity (Wildman–Crippen MR) is 116 cm³/mol. The quantitative estimate of drug-likeness (QED) is 0.606. The summed E-state index contributed by atoms with van der Waals surface area (Å²) in [6.45, 7) is 0.335. The predicted octanol–water partition coefficient (Wildman–Crippen LogP) is 5.49. The van der Waals surface area contributed by atoms with Gasteiger partial charge in [-0.1, -0.05) is 55.7 Å². The van der Waals surface area contributed by atoms with Gasteiger partial charge >= 0.3 is 0 Å². The van der Waals surface area contributed by atoms with Crippen LogP contribution in [0.15, 0.2) is 60.7 Å². The minimum atomic E-state index is -0.0223. The highest BCUT2D eigenvalue weighted by atomic mass is 16.5. The molecular formula is C25H27NO3. The molecule has 0 radical (unpaired) electrons. The third kappa shape index (κ3) is 4.53. The summed E-state index contributed by atoms with van der Waals surface area (Å²) < 4.78 is 11.6. The smallest absolute Gasteiger partial charge is 0.251 e. The van der Waals surface area contributed by atoms with Crippen molar-refractivity contribution in [3.63, 3.8) is 0 Å². The maximum Gasteiger partial charge on any atom is 0.251 e. The Kier molecular flexibility index (Phi) is 5.99. The molecule has 1 aliphatic rings. The molecule has 0 atom stereocenters. The Balaban J connectivity index is 1.51. The number of carbonyl (C=O) groups is 1. The molecule has 0 heterocycles. The summed E-state index contributed by atoms with van der Waals surface area (Å²) in [7, 11) is 1.64. The number of fused-ring (bicyclic) bond motifs is 1. The highest BCUT2D eigenvalue weighted by Gasteiger charge is 2.18.